The van der Waals surface area contributed by atoms with Crippen LogP contribution in [0.1, 0.15) is 43.6 Å². The second kappa shape index (κ2) is 5.98. The summed E-state index contributed by atoms with van der Waals surface area (Å²) < 4.78 is 5.87. The van der Waals surface area contributed by atoms with Gasteiger partial charge in [0.05, 0.1) is 6.61 Å². The summed E-state index contributed by atoms with van der Waals surface area (Å²) in [6, 6.07) is 10.1. The molecule has 3 heterocycles. The standard InChI is InChI=1S/C18H26N2O/c1-2-9-18-15(6-1)14(13-21-18)12-20-11-4-3-8-17(20)16-7-5-10-19-16/h1-2,6,9,14,16-17,19H,3-5,7-8,10-13H2. The number of fused-ring (bicyclic) bond motifs is 1. The Morgan fingerprint density at radius 3 is 3.00 bits per heavy atom. The number of nitrogens with zero attached hydrogens (tertiary/aromatic N) is 1. The molecule has 0 radical (unpaired) electrons. The van der Waals surface area contributed by atoms with Gasteiger partial charge in [-0.3, -0.25) is 4.90 Å². The van der Waals surface area contributed by atoms with Gasteiger partial charge in [-0.1, -0.05) is 24.6 Å². The number of hydrogen-bond donors (Lipinski definition) is 1. The lowest BCUT2D eigenvalue weighted by atomic mass is 9.92. The normalized spacial score (nSPS) is 32.9. The Bertz CT molecular complexity index is 484. The molecule has 4 rings (SSSR count). The van der Waals surface area contributed by atoms with Crippen LogP contribution in [0.25, 0.3) is 0 Å². The molecule has 0 spiro atoms. The molecule has 3 aliphatic rings. The summed E-state index contributed by atoms with van der Waals surface area (Å²) in [5.74, 6) is 1.67. The minimum Gasteiger partial charge on any atom is -0.493 e. The highest BCUT2D eigenvalue weighted by Crippen LogP contribution is 2.35. The highest BCUT2D eigenvalue weighted by atomic mass is 16.5. The minimum atomic E-state index is 0.559. The summed E-state index contributed by atoms with van der Waals surface area (Å²) in [6.45, 7) is 4.51. The van der Waals surface area contributed by atoms with E-state index in [1.54, 1.807) is 0 Å². The summed E-state index contributed by atoms with van der Waals surface area (Å²) in [7, 11) is 0. The number of likely N-dealkylation sites (tertiary alicyclic amines) is 1. The summed E-state index contributed by atoms with van der Waals surface area (Å²) in [5.41, 5.74) is 1.42. The zero-order chi connectivity index (χ0) is 14.1. The van der Waals surface area contributed by atoms with Crippen LogP contribution in [0.5, 0.6) is 5.75 Å². The first-order valence-electron chi connectivity index (χ1n) is 8.61. The van der Waals surface area contributed by atoms with Crippen molar-refractivity contribution in [2.24, 2.45) is 0 Å². The van der Waals surface area contributed by atoms with Crippen molar-refractivity contribution in [3.8, 4) is 5.75 Å². The summed E-state index contributed by atoms with van der Waals surface area (Å²) in [4.78, 5) is 2.75. The first-order valence-corrected chi connectivity index (χ1v) is 8.61. The third-order valence-corrected chi connectivity index (χ3v) is 5.48. The number of rotatable bonds is 3. The second-order valence-corrected chi connectivity index (χ2v) is 6.81. The number of nitrogens with one attached hydrogen (secondary N) is 1. The first kappa shape index (κ1) is 13.6. The predicted octanol–water partition coefficient (Wildman–Crippen LogP) is 2.77. The zero-order valence-electron chi connectivity index (χ0n) is 12.8. The number of para-hydroxylation sites is 1. The highest BCUT2D eigenvalue weighted by Gasteiger charge is 2.34. The van der Waals surface area contributed by atoms with Gasteiger partial charge >= 0.3 is 0 Å². The molecule has 2 saturated heterocycles. The molecule has 0 bridgehead atoms. The van der Waals surface area contributed by atoms with Crippen molar-refractivity contribution in [2.45, 2.75) is 50.1 Å². The molecule has 3 heteroatoms. The molecular formula is C18H26N2O. The van der Waals surface area contributed by atoms with E-state index in [0.29, 0.717) is 5.92 Å². The quantitative estimate of drug-likeness (QED) is 0.924. The van der Waals surface area contributed by atoms with Gasteiger partial charge in [-0.05, 0) is 44.8 Å². The SMILES string of the molecule is c1ccc2c(c1)OCC2CN1CCCCC1C1CCCN1. The fraction of sp³-hybridized carbons (Fsp3) is 0.667. The van der Waals surface area contributed by atoms with Crippen LogP contribution in [0.3, 0.4) is 0 Å². The van der Waals surface area contributed by atoms with Crippen LogP contribution < -0.4 is 10.1 Å². The third kappa shape index (κ3) is 2.69. The van der Waals surface area contributed by atoms with Crippen molar-refractivity contribution in [3.63, 3.8) is 0 Å². The van der Waals surface area contributed by atoms with Crippen molar-refractivity contribution < 1.29 is 4.74 Å². The molecule has 1 N–H and O–H groups in total. The zero-order valence-corrected chi connectivity index (χ0v) is 12.8. The average molecular weight is 286 g/mol. The Kier molecular flexibility index (Phi) is 3.87. The van der Waals surface area contributed by atoms with Gasteiger partial charge in [-0.25, -0.2) is 0 Å². The van der Waals surface area contributed by atoms with Gasteiger partial charge in [-0.2, -0.15) is 0 Å². The molecule has 1 aromatic carbocycles. The van der Waals surface area contributed by atoms with Crippen molar-refractivity contribution in [3.05, 3.63) is 29.8 Å². The van der Waals surface area contributed by atoms with E-state index in [9.17, 15) is 0 Å². The van der Waals surface area contributed by atoms with E-state index in [2.05, 4.69) is 34.5 Å². The van der Waals surface area contributed by atoms with Crippen LogP contribution in [0.15, 0.2) is 24.3 Å². The first-order chi connectivity index (χ1) is 10.4. The summed E-state index contributed by atoms with van der Waals surface area (Å²) in [5, 5.41) is 3.73. The molecule has 0 amide bonds. The van der Waals surface area contributed by atoms with E-state index in [1.807, 2.05) is 0 Å². The van der Waals surface area contributed by atoms with Crippen molar-refractivity contribution >= 4 is 0 Å². The maximum Gasteiger partial charge on any atom is 0.122 e. The molecule has 3 unspecified atom stereocenters. The number of benzene rings is 1. The lowest BCUT2D eigenvalue weighted by Gasteiger charge is -2.40. The highest BCUT2D eigenvalue weighted by molar-refractivity contribution is 5.39. The van der Waals surface area contributed by atoms with Gasteiger partial charge < -0.3 is 10.1 Å². The van der Waals surface area contributed by atoms with E-state index >= 15 is 0 Å². The molecule has 3 atom stereocenters. The van der Waals surface area contributed by atoms with Gasteiger partial charge in [0.25, 0.3) is 0 Å². The molecule has 3 aliphatic heterocycles. The Labute approximate surface area is 127 Å². The monoisotopic (exact) mass is 286 g/mol. The summed E-state index contributed by atoms with van der Waals surface area (Å²) in [6.07, 6.45) is 6.84. The van der Waals surface area contributed by atoms with Gasteiger partial charge in [0, 0.05) is 30.1 Å². The van der Waals surface area contributed by atoms with Crippen LogP contribution >= 0.6 is 0 Å². The average Bonchev–Trinajstić information content (AvgIpc) is 3.18. The predicted molar refractivity (Wildman–Crippen MR) is 84.9 cm³/mol. The Morgan fingerprint density at radius 1 is 1.14 bits per heavy atom. The fourth-order valence-corrected chi connectivity index (χ4v) is 4.40. The minimum absolute atomic E-state index is 0.559. The molecule has 114 valence electrons. The van der Waals surface area contributed by atoms with E-state index in [1.165, 1.54) is 57.3 Å². The van der Waals surface area contributed by atoms with Crippen molar-refractivity contribution in [1.29, 1.82) is 0 Å². The molecular weight excluding hydrogens is 260 g/mol. The maximum absolute atomic E-state index is 5.87. The lowest BCUT2D eigenvalue weighted by Crippen LogP contribution is -2.51. The summed E-state index contributed by atoms with van der Waals surface area (Å²) >= 11 is 0. The van der Waals surface area contributed by atoms with Crippen LogP contribution in [0.4, 0.5) is 0 Å². The Hall–Kier alpha value is -1.06. The van der Waals surface area contributed by atoms with E-state index in [-0.39, 0.29) is 0 Å². The Balaban J connectivity index is 1.47. The van der Waals surface area contributed by atoms with E-state index < -0.39 is 0 Å². The molecule has 21 heavy (non-hydrogen) atoms. The maximum atomic E-state index is 5.87. The Morgan fingerprint density at radius 2 is 2.10 bits per heavy atom. The third-order valence-electron chi connectivity index (χ3n) is 5.48. The van der Waals surface area contributed by atoms with E-state index in [4.69, 9.17) is 4.74 Å². The van der Waals surface area contributed by atoms with Crippen LogP contribution in [-0.4, -0.2) is 43.2 Å². The smallest absolute Gasteiger partial charge is 0.122 e. The molecule has 3 nitrogen and oxygen atoms in total. The van der Waals surface area contributed by atoms with E-state index in [0.717, 1.165) is 24.4 Å². The van der Waals surface area contributed by atoms with Gasteiger partial charge in [0.15, 0.2) is 0 Å². The molecule has 0 aliphatic carbocycles. The number of ether oxygens (including phenoxy) is 1. The van der Waals surface area contributed by atoms with Crippen LogP contribution in [0.2, 0.25) is 0 Å². The largest absolute Gasteiger partial charge is 0.493 e. The number of hydrogen-bond acceptors (Lipinski definition) is 3. The fourth-order valence-electron chi connectivity index (χ4n) is 4.40. The molecule has 0 saturated carbocycles. The van der Waals surface area contributed by atoms with Crippen molar-refractivity contribution in [2.75, 3.05) is 26.2 Å². The van der Waals surface area contributed by atoms with Gasteiger partial charge in [-0.15, -0.1) is 0 Å². The molecule has 2 fully saturated rings. The second-order valence-electron chi connectivity index (χ2n) is 6.81. The van der Waals surface area contributed by atoms with Crippen LogP contribution in [0, 0.1) is 0 Å². The van der Waals surface area contributed by atoms with Gasteiger partial charge in [0.2, 0.25) is 0 Å². The number of piperidine rings is 1. The molecule has 0 aromatic heterocycles. The van der Waals surface area contributed by atoms with Gasteiger partial charge in [0.1, 0.15) is 5.75 Å². The topological polar surface area (TPSA) is 24.5 Å². The van der Waals surface area contributed by atoms with Crippen LogP contribution in [-0.2, 0) is 0 Å². The van der Waals surface area contributed by atoms with Crippen molar-refractivity contribution in [1.82, 2.24) is 10.2 Å². The molecule has 1 aromatic rings. The lowest BCUT2D eigenvalue weighted by molar-refractivity contribution is 0.108.